The van der Waals surface area contributed by atoms with Gasteiger partial charge in [0.05, 0.1) is 25.4 Å². The van der Waals surface area contributed by atoms with E-state index in [2.05, 4.69) is 20.9 Å². The van der Waals surface area contributed by atoms with Gasteiger partial charge in [0.2, 0.25) is 5.91 Å². The van der Waals surface area contributed by atoms with E-state index < -0.39 is 5.60 Å². The molecule has 0 aromatic carbocycles. The minimum atomic E-state index is -0.504. The summed E-state index contributed by atoms with van der Waals surface area (Å²) in [7, 11) is 1.63. The number of hydrogen-bond acceptors (Lipinski definition) is 5. The Kier molecular flexibility index (Phi) is 8.86. The first-order chi connectivity index (χ1) is 12.3. The lowest BCUT2D eigenvalue weighted by Gasteiger charge is -2.40. The van der Waals surface area contributed by atoms with E-state index in [1.54, 1.807) is 30.3 Å². The number of nitrogens with one attached hydrogen (secondary N) is 3. The van der Waals surface area contributed by atoms with Gasteiger partial charge >= 0.3 is 6.09 Å². The van der Waals surface area contributed by atoms with Crippen molar-refractivity contribution in [3.05, 3.63) is 24.2 Å². The molecule has 27 heavy (non-hydrogen) atoms. The van der Waals surface area contributed by atoms with Crippen LogP contribution in [0.2, 0.25) is 0 Å². The number of carbonyl (C=O) groups is 2. The van der Waals surface area contributed by atoms with E-state index in [-0.39, 0.29) is 48.6 Å². The van der Waals surface area contributed by atoms with Gasteiger partial charge in [0, 0.05) is 20.1 Å². The number of nitrogens with zero attached hydrogens (tertiary/aromatic N) is 2. The Morgan fingerprint density at radius 2 is 2.04 bits per heavy atom. The molecule has 10 heteroatoms. The van der Waals surface area contributed by atoms with Gasteiger partial charge in [0.25, 0.3) is 0 Å². The summed E-state index contributed by atoms with van der Waals surface area (Å²) in [6.07, 6.45) is 1.24. The van der Waals surface area contributed by atoms with Crippen LogP contribution in [0.5, 0.6) is 0 Å². The second-order valence-electron chi connectivity index (χ2n) is 7.01. The zero-order chi connectivity index (χ0) is 19.2. The van der Waals surface area contributed by atoms with Crippen molar-refractivity contribution in [3.63, 3.8) is 0 Å². The van der Waals surface area contributed by atoms with Crippen LogP contribution in [0.4, 0.5) is 4.79 Å². The zero-order valence-corrected chi connectivity index (χ0v) is 18.4. The van der Waals surface area contributed by atoms with Gasteiger partial charge in [0.15, 0.2) is 5.96 Å². The van der Waals surface area contributed by atoms with Crippen molar-refractivity contribution in [2.45, 2.75) is 39.0 Å². The molecule has 0 atom stereocenters. The van der Waals surface area contributed by atoms with Crippen LogP contribution < -0.4 is 16.0 Å². The van der Waals surface area contributed by atoms with Crippen LogP contribution in [0.25, 0.3) is 0 Å². The van der Waals surface area contributed by atoms with Crippen molar-refractivity contribution in [2.75, 3.05) is 26.7 Å². The third kappa shape index (κ3) is 8.06. The van der Waals surface area contributed by atoms with Crippen LogP contribution in [0.3, 0.4) is 0 Å². The highest BCUT2D eigenvalue weighted by Gasteiger charge is 2.34. The number of rotatable bonds is 5. The fourth-order valence-corrected chi connectivity index (χ4v) is 2.26. The first-order valence-corrected chi connectivity index (χ1v) is 8.51. The molecule has 2 rings (SSSR count). The summed E-state index contributed by atoms with van der Waals surface area (Å²) < 4.78 is 10.5. The smallest absolute Gasteiger partial charge is 0.410 e. The van der Waals surface area contributed by atoms with E-state index in [1.807, 2.05) is 20.8 Å². The summed E-state index contributed by atoms with van der Waals surface area (Å²) in [5.41, 5.74) is -0.504. The van der Waals surface area contributed by atoms with E-state index in [4.69, 9.17) is 9.15 Å². The molecular weight excluding hydrogens is 465 g/mol. The maximum atomic E-state index is 11.9. The Morgan fingerprint density at radius 1 is 1.33 bits per heavy atom. The first-order valence-electron chi connectivity index (χ1n) is 8.51. The lowest BCUT2D eigenvalue weighted by Crippen LogP contribution is -2.63. The standard InChI is InChI=1S/C17H27N5O4.HI/c1-17(2,3)26-16(24)22-10-12(11-22)21-15(18-4)20-9-14(23)19-8-13-6-5-7-25-13;/h5-7,12H,8-11H2,1-4H3,(H,19,23)(H2,18,20,21);1H. The average molecular weight is 493 g/mol. The average Bonchev–Trinajstić information content (AvgIpc) is 3.02. The molecule has 0 saturated carbocycles. The Labute approximate surface area is 176 Å². The Hall–Kier alpha value is -1.98. The number of hydrogen-bond donors (Lipinski definition) is 3. The molecule has 152 valence electrons. The van der Waals surface area contributed by atoms with Crippen molar-refractivity contribution in [1.82, 2.24) is 20.9 Å². The van der Waals surface area contributed by atoms with E-state index in [0.717, 1.165) is 0 Å². The summed E-state index contributed by atoms with van der Waals surface area (Å²) in [6, 6.07) is 3.63. The third-order valence-corrected chi connectivity index (χ3v) is 3.55. The number of carbonyl (C=O) groups excluding carboxylic acids is 2. The van der Waals surface area contributed by atoms with Gasteiger partial charge in [0.1, 0.15) is 11.4 Å². The van der Waals surface area contributed by atoms with Crippen molar-refractivity contribution in [3.8, 4) is 0 Å². The van der Waals surface area contributed by atoms with Crippen LogP contribution in [0.15, 0.2) is 27.8 Å². The Bertz CT molecular complexity index is 636. The summed E-state index contributed by atoms with van der Waals surface area (Å²) in [5.74, 6) is 1.03. The van der Waals surface area contributed by atoms with Gasteiger partial charge in [-0.2, -0.15) is 0 Å². The molecule has 0 radical (unpaired) electrons. The number of halogens is 1. The number of amides is 2. The third-order valence-electron chi connectivity index (χ3n) is 3.55. The highest BCUT2D eigenvalue weighted by atomic mass is 127. The molecule has 0 unspecified atom stereocenters. The largest absolute Gasteiger partial charge is 0.467 e. The van der Waals surface area contributed by atoms with Gasteiger partial charge in [-0.25, -0.2) is 4.79 Å². The van der Waals surface area contributed by atoms with Crippen LogP contribution in [-0.4, -0.2) is 61.2 Å². The molecule has 2 amide bonds. The van der Waals surface area contributed by atoms with Crippen molar-refractivity contribution < 1.29 is 18.7 Å². The fraction of sp³-hybridized carbons (Fsp3) is 0.588. The number of aliphatic imine (C=N–C) groups is 1. The number of likely N-dealkylation sites (tertiary alicyclic amines) is 1. The van der Waals surface area contributed by atoms with E-state index in [0.29, 0.717) is 31.4 Å². The highest BCUT2D eigenvalue weighted by molar-refractivity contribution is 14.0. The quantitative estimate of drug-likeness (QED) is 0.324. The Morgan fingerprint density at radius 3 is 2.59 bits per heavy atom. The van der Waals surface area contributed by atoms with E-state index in [1.165, 1.54) is 0 Å². The molecule has 3 N–H and O–H groups in total. The van der Waals surface area contributed by atoms with Crippen molar-refractivity contribution in [1.29, 1.82) is 0 Å². The van der Waals surface area contributed by atoms with E-state index >= 15 is 0 Å². The SMILES string of the molecule is CN=C(NCC(=O)NCc1ccco1)NC1CN(C(=O)OC(C)(C)C)C1.I. The van der Waals surface area contributed by atoms with Crippen LogP contribution in [0, 0.1) is 0 Å². The van der Waals surface area contributed by atoms with E-state index in [9.17, 15) is 9.59 Å². The van der Waals surface area contributed by atoms with Crippen LogP contribution in [-0.2, 0) is 16.1 Å². The van der Waals surface area contributed by atoms with Crippen molar-refractivity contribution >= 4 is 41.9 Å². The monoisotopic (exact) mass is 493 g/mol. The topological polar surface area (TPSA) is 108 Å². The molecule has 9 nitrogen and oxygen atoms in total. The molecule has 1 saturated heterocycles. The second-order valence-corrected chi connectivity index (χ2v) is 7.01. The first kappa shape index (κ1) is 23.1. The predicted molar refractivity (Wildman–Crippen MR) is 112 cm³/mol. The van der Waals surface area contributed by atoms with Crippen molar-refractivity contribution in [2.24, 2.45) is 4.99 Å². The molecule has 1 aliphatic heterocycles. The zero-order valence-electron chi connectivity index (χ0n) is 16.1. The summed E-state index contributed by atoms with van der Waals surface area (Å²) in [6.45, 7) is 6.99. The maximum absolute atomic E-state index is 11.9. The predicted octanol–water partition coefficient (Wildman–Crippen LogP) is 1.30. The van der Waals surface area contributed by atoms with Gasteiger partial charge in [-0.3, -0.25) is 9.79 Å². The number of furan rings is 1. The lowest BCUT2D eigenvalue weighted by molar-refractivity contribution is -0.120. The molecule has 0 spiro atoms. The van der Waals surface area contributed by atoms with Crippen LogP contribution >= 0.6 is 24.0 Å². The lowest BCUT2D eigenvalue weighted by atomic mass is 10.1. The fourth-order valence-electron chi connectivity index (χ4n) is 2.26. The second kappa shape index (κ2) is 10.4. The minimum Gasteiger partial charge on any atom is -0.467 e. The van der Waals surface area contributed by atoms with Gasteiger partial charge in [-0.15, -0.1) is 24.0 Å². The molecule has 0 bridgehead atoms. The highest BCUT2D eigenvalue weighted by Crippen LogP contribution is 2.15. The Balaban J connectivity index is 0.00000364. The maximum Gasteiger partial charge on any atom is 0.410 e. The minimum absolute atomic E-state index is 0. The molecule has 1 aromatic heterocycles. The molecule has 0 aliphatic carbocycles. The van der Waals surface area contributed by atoms with Gasteiger partial charge in [-0.1, -0.05) is 0 Å². The summed E-state index contributed by atoms with van der Waals surface area (Å²) >= 11 is 0. The normalized spacial score (nSPS) is 14.7. The summed E-state index contributed by atoms with van der Waals surface area (Å²) in [5, 5.41) is 8.85. The molecule has 1 fully saturated rings. The number of guanidine groups is 1. The van der Waals surface area contributed by atoms with Crippen LogP contribution in [0.1, 0.15) is 26.5 Å². The molecule has 1 aromatic rings. The van der Waals surface area contributed by atoms with Gasteiger partial charge < -0.3 is 30.0 Å². The van der Waals surface area contributed by atoms with Gasteiger partial charge in [-0.05, 0) is 32.9 Å². The summed E-state index contributed by atoms with van der Waals surface area (Å²) in [4.78, 5) is 29.4. The number of ether oxygens (including phenoxy) is 1. The molecule has 2 heterocycles. The molecule has 1 aliphatic rings. The molecular formula is C17H28IN5O4.